The Bertz CT molecular complexity index is 150. The van der Waals surface area contributed by atoms with Crippen molar-refractivity contribution in [3.8, 4) is 0 Å². The minimum Gasteiger partial charge on any atom is -0.327 e. The van der Waals surface area contributed by atoms with Crippen LogP contribution in [0.5, 0.6) is 0 Å². The van der Waals surface area contributed by atoms with Gasteiger partial charge in [0.1, 0.15) is 0 Å². The number of rotatable bonds is 4. The van der Waals surface area contributed by atoms with E-state index in [1.54, 1.807) is 0 Å². The molecule has 0 radical (unpaired) electrons. The molecule has 0 heterocycles. The summed E-state index contributed by atoms with van der Waals surface area (Å²) in [5.74, 6) is 1.79. The van der Waals surface area contributed by atoms with Crippen LogP contribution in [-0.4, -0.2) is 11.7 Å². The average molecular weight is 215 g/mol. The topological polar surface area (TPSA) is 26.0 Å². The molecule has 0 amide bonds. The largest absolute Gasteiger partial charge is 0.327 e. The molecule has 0 aromatic rings. The molecule has 1 aliphatic carbocycles. The molecule has 0 aromatic carbocycles. The van der Waals surface area contributed by atoms with E-state index < -0.39 is 0 Å². The molecule has 1 aliphatic rings. The lowest BCUT2D eigenvalue weighted by Gasteiger charge is -2.32. The Morgan fingerprint density at radius 2 is 1.86 bits per heavy atom. The van der Waals surface area contributed by atoms with Crippen LogP contribution in [0.2, 0.25) is 0 Å². The van der Waals surface area contributed by atoms with Crippen LogP contribution in [0, 0.1) is 11.8 Å². The van der Waals surface area contributed by atoms with E-state index in [2.05, 4.69) is 23.1 Å². The van der Waals surface area contributed by atoms with Gasteiger partial charge in [-0.2, -0.15) is 0 Å². The second-order valence-corrected chi connectivity index (χ2v) is 6.20. The molecule has 0 aliphatic heterocycles. The second-order valence-electron chi connectivity index (χ2n) is 5.07. The van der Waals surface area contributed by atoms with Crippen LogP contribution < -0.4 is 5.73 Å². The predicted molar refractivity (Wildman–Crippen MR) is 67.5 cm³/mol. The van der Waals surface area contributed by atoms with Gasteiger partial charge in [-0.15, -0.1) is 9.24 Å². The molecule has 3 unspecified atom stereocenters. The Labute approximate surface area is 91.4 Å². The fourth-order valence-corrected chi connectivity index (χ4v) is 3.10. The van der Waals surface area contributed by atoms with Crippen LogP contribution in [0.15, 0.2) is 0 Å². The first-order chi connectivity index (χ1) is 6.63. The molecular formula is C12H26NP. The minimum atomic E-state index is 0.462. The van der Waals surface area contributed by atoms with E-state index in [1.165, 1.54) is 32.1 Å². The van der Waals surface area contributed by atoms with E-state index in [9.17, 15) is 0 Å². The van der Waals surface area contributed by atoms with Crippen LogP contribution in [0.4, 0.5) is 0 Å². The van der Waals surface area contributed by atoms with Crippen LogP contribution in [0.3, 0.4) is 0 Å². The van der Waals surface area contributed by atoms with Crippen molar-refractivity contribution in [3.05, 3.63) is 0 Å². The summed E-state index contributed by atoms with van der Waals surface area (Å²) in [5.41, 5.74) is 6.88. The lowest BCUT2D eigenvalue weighted by molar-refractivity contribution is 0.232. The average Bonchev–Trinajstić information content (AvgIpc) is 2.17. The Morgan fingerprint density at radius 1 is 1.29 bits per heavy atom. The summed E-state index contributed by atoms with van der Waals surface area (Å²) >= 11 is 0. The highest BCUT2D eigenvalue weighted by Crippen LogP contribution is 2.34. The quantitative estimate of drug-likeness (QED) is 0.716. The van der Waals surface area contributed by atoms with Crippen molar-refractivity contribution >= 4 is 9.24 Å². The van der Waals surface area contributed by atoms with E-state index in [1.807, 2.05) is 0 Å². The third-order valence-electron chi connectivity index (χ3n) is 3.67. The lowest BCUT2D eigenvalue weighted by Crippen LogP contribution is -2.32. The normalized spacial score (nSPS) is 32.6. The summed E-state index contributed by atoms with van der Waals surface area (Å²) < 4.78 is 0. The van der Waals surface area contributed by atoms with Gasteiger partial charge >= 0.3 is 0 Å². The zero-order valence-electron chi connectivity index (χ0n) is 9.71. The standard InChI is InChI=1S/C12H26NP/c1-3-12(13)11-6-4-10(5-7-11)8-9(2)14/h9-12H,3-8,13-14H2,1-2H3. The highest BCUT2D eigenvalue weighted by Gasteiger charge is 2.24. The molecule has 1 fully saturated rings. The van der Waals surface area contributed by atoms with E-state index in [0.29, 0.717) is 6.04 Å². The molecule has 14 heavy (non-hydrogen) atoms. The maximum atomic E-state index is 6.09. The smallest absolute Gasteiger partial charge is 0.00645 e. The van der Waals surface area contributed by atoms with Crippen molar-refractivity contribution in [1.82, 2.24) is 0 Å². The van der Waals surface area contributed by atoms with Gasteiger partial charge in [0.2, 0.25) is 0 Å². The van der Waals surface area contributed by atoms with Gasteiger partial charge in [-0.05, 0) is 43.2 Å². The third kappa shape index (κ3) is 3.87. The van der Waals surface area contributed by atoms with Crippen LogP contribution >= 0.6 is 9.24 Å². The number of hydrogen-bond acceptors (Lipinski definition) is 1. The van der Waals surface area contributed by atoms with E-state index in [0.717, 1.165) is 23.9 Å². The summed E-state index contributed by atoms with van der Waals surface area (Å²) in [6.07, 6.45) is 8.11. The molecule has 0 aromatic heterocycles. The van der Waals surface area contributed by atoms with Gasteiger partial charge in [0.25, 0.3) is 0 Å². The minimum absolute atomic E-state index is 0.462. The molecule has 1 rings (SSSR count). The molecule has 1 nitrogen and oxygen atoms in total. The Balaban J connectivity index is 2.24. The highest BCUT2D eigenvalue weighted by atomic mass is 31.0. The van der Waals surface area contributed by atoms with Crippen molar-refractivity contribution in [3.63, 3.8) is 0 Å². The van der Waals surface area contributed by atoms with Crippen molar-refractivity contribution < 1.29 is 0 Å². The van der Waals surface area contributed by atoms with Gasteiger partial charge in [0, 0.05) is 6.04 Å². The number of nitrogens with two attached hydrogens (primary N) is 1. The summed E-state index contributed by atoms with van der Waals surface area (Å²) in [5, 5.41) is 0. The summed E-state index contributed by atoms with van der Waals surface area (Å²) in [6.45, 7) is 4.51. The molecule has 0 saturated heterocycles. The Hall–Kier alpha value is 0.390. The van der Waals surface area contributed by atoms with E-state index >= 15 is 0 Å². The van der Waals surface area contributed by atoms with Gasteiger partial charge in [-0.25, -0.2) is 0 Å². The van der Waals surface area contributed by atoms with E-state index in [4.69, 9.17) is 5.73 Å². The molecule has 84 valence electrons. The van der Waals surface area contributed by atoms with Crippen molar-refractivity contribution in [2.75, 3.05) is 0 Å². The maximum Gasteiger partial charge on any atom is 0.00645 e. The monoisotopic (exact) mass is 215 g/mol. The molecule has 2 N–H and O–H groups in total. The lowest BCUT2D eigenvalue weighted by atomic mass is 9.77. The first-order valence-electron chi connectivity index (χ1n) is 6.14. The molecule has 0 bridgehead atoms. The van der Waals surface area contributed by atoms with E-state index in [-0.39, 0.29) is 0 Å². The SMILES string of the molecule is CCC(N)C1CCC(CC(C)P)CC1. The van der Waals surface area contributed by atoms with Gasteiger partial charge in [0.15, 0.2) is 0 Å². The first kappa shape index (κ1) is 12.5. The molecule has 1 saturated carbocycles. The second kappa shape index (κ2) is 6.08. The molecule has 3 atom stereocenters. The zero-order valence-corrected chi connectivity index (χ0v) is 10.9. The fourth-order valence-electron chi connectivity index (χ4n) is 2.71. The van der Waals surface area contributed by atoms with Crippen molar-refractivity contribution in [1.29, 1.82) is 0 Å². The molecular weight excluding hydrogens is 189 g/mol. The summed E-state index contributed by atoms with van der Waals surface area (Å²) in [6, 6.07) is 0.462. The summed E-state index contributed by atoms with van der Waals surface area (Å²) in [7, 11) is 2.92. The Morgan fingerprint density at radius 3 is 2.29 bits per heavy atom. The highest BCUT2D eigenvalue weighted by molar-refractivity contribution is 7.17. The fraction of sp³-hybridized carbons (Fsp3) is 1.00. The zero-order chi connectivity index (χ0) is 10.6. The first-order valence-corrected chi connectivity index (χ1v) is 6.81. The van der Waals surface area contributed by atoms with Crippen molar-refractivity contribution in [2.45, 2.75) is 64.1 Å². The molecule has 2 heteroatoms. The van der Waals surface area contributed by atoms with Gasteiger partial charge in [-0.3, -0.25) is 0 Å². The molecule has 0 spiro atoms. The van der Waals surface area contributed by atoms with Crippen LogP contribution in [0.25, 0.3) is 0 Å². The van der Waals surface area contributed by atoms with Gasteiger partial charge in [0.05, 0.1) is 0 Å². The van der Waals surface area contributed by atoms with Crippen LogP contribution in [0.1, 0.15) is 52.4 Å². The predicted octanol–water partition coefficient (Wildman–Crippen LogP) is 3.18. The van der Waals surface area contributed by atoms with Crippen molar-refractivity contribution in [2.24, 2.45) is 17.6 Å². The maximum absolute atomic E-state index is 6.09. The van der Waals surface area contributed by atoms with Crippen LogP contribution in [-0.2, 0) is 0 Å². The van der Waals surface area contributed by atoms with Gasteiger partial charge in [-0.1, -0.05) is 26.7 Å². The number of hydrogen-bond donors (Lipinski definition) is 1. The summed E-state index contributed by atoms with van der Waals surface area (Å²) in [4.78, 5) is 0. The third-order valence-corrected chi connectivity index (χ3v) is 3.95. The van der Waals surface area contributed by atoms with Gasteiger partial charge < -0.3 is 5.73 Å². The Kier molecular flexibility index (Phi) is 5.41.